The molecule has 0 amide bonds. The van der Waals surface area contributed by atoms with E-state index >= 15 is 0 Å². The quantitative estimate of drug-likeness (QED) is 0.338. The minimum Gasteiger partial charge on any atom is -0.493 e. The van der Waals surface area contributed by atoms with Crippen LogP contribution in [0.25, 0.3) is 5.57 Å². The standard InChI is InChI=1S/C29H30NO2/c1-4-5-17-30-18-16-24-19-28(31-2)29(32-3)21-26(24)27(30)20-25(22-12-8-6-9-13-22)23-14-10-7-11-15-23/h4,6-15,19-21H,1,5,16-18H2,2-3H3/q+1. The summed E-state index contributed by atoms with van der Waals surface area (Å²) in [5.41, 5.74) is 7.28. The maximum Gasteiger partial charge on any atom is 0.208 e. The minimum absolute atomic E-state index is 0.753. The fourth-order valence-corrected chi connectivity index (χ4v) is 4.27. The third kappa shape index (κ3) is 4.52. The monoisotopic (exact) mass is 424 g/mol. The number of methoxy groups -OCH3 is 2. The Morgan fingerprint density at radius 3 is 2.06 bits per heavy atom. The van der Waals surface area contributed by atoms with Crippen molar-refractivity contribution in [2.75, 3.05) is 27.3 Å². The van der Waals surface area contributed by atoms with Gasteiger partial charge in [-0.05, 0) is 34.4 Å². The van der Waals surface area contributed by atoms with E-state index in [9.17, 15) is 0 Å². The molecule has 1 heterocycles. The van der Waals surface area contributed by atoms with E-state index in [-0.39, 0.29) is 0 Å². The van der Waals surface area contributed by atoms with Gasteiger partial charge < -0.3 is 9.47 Å². The molecule has 1 aliphatic heterocycles. The van der Waals surface area contributed by atoms with E-state index in [1.54, 1.807) is 14.2 Å². The number of benzene rings is 3. The minimum atomic E-state index is 0.753. The molecule has 3 nitrogen and oxygen atoms in total. The summed E-state index contributed by atoms with van der Waals surface area (Å²) in [5, 5.41) is 0. The summed E-state index contributed by atoms with van der Waals surface area (Å²) < 4.78 is 13.7. The van der Waals surface area contributed by atoms with Crippen molar-refractivity contribution in [3.05, 3.63) is 114 Å². The zero-order chi connectivity index (χ0) is 22.3. The first-order valence-electron chi connectivity index (χ1n) is 11.1. The second-order valence-electron chi connectivity index (χ2n) is 7.85. The Balaban J connectivity index is 1.95. The van der Waals surface area contributed by atoms with Crippen LogP contribution in [0.15, 0.2) is 91.5 Å². The SMILES string of the molecule is C=CCC[N+]1=C(C=C(c2ccccc2)c2ccccc2)c2cc(OC)c(OC)cc2CC1. The van der Waals surface area contributed by atoms with E-state index in [2.05, 4.69) is 90.0 Å². The highest BCUT2D eigenvalue weighted by Crippen LogP contribution is 2.34. The largest absolute Gasteiger partial charge is 0.493 e. The predicted octanol–water partition coefficient (Wildman–Crippen LogP) is 5.77. The summed E-state index contributed by atoms with van der Waals surface area (Å²) >= 11 is 0. The molecule has 3 aromatic rings. The summed E-state index contributed by atoms with van der Waals surface area (Å²) in [4.78, 5) is 0. The molecule has 162 valence electrons. The summed E-state index contributed by atoms with van der Waals surface area (Å²) in [5.74, 6) is 1.53. The molecule has 0 aromatic heterocycles. The molecule has 4 rings (SSSR count). The van der Waals surface area contributed by atoms with Crippen LogP contribution in [0, 0.1) is 0 Å². The van der Waals surface area contributed by atoms with Crippen LogP contribution in [0.5, 0.6) is 11.5 Å². The summed E-state index contributed by atoms with van der Waals surface area (Å²) in [7, 11) is 3.38. The van der Waals surface area contributed by atoms with Crippen molar-refractivity contribution >= 4 is 11.3 Å². The number of allylic oxidation sites excluding steroid dienone is 1. The number of hydrogen-bond donors (Lipinski definition) is 0. The van der Waals surface area contributed by atoms with Gasteiger partial charge in [-0.2, -0.15) is 0 Å². The van der Waals surface area contributed by atoms with Crippen LogP contribution < -0.4 is 9.47 Å². The van der Waals surface area contributed by atoms with Crippen LogP contribution in [0.3, 0.4) is 0 Å². The van der Waals surface area contributed by atoms with E-state index in [0.717, 1.165) is 37.4 Å². The van der Waals surface area contributed by atoms with Gasteiger partial charge in [-0.15, -0.1) is 6.58 Å². The van der Waals surface area contributed by atoms with Gasteiger partial charge in [0.15, 0.2) is 11.5 Å². The van der Waals surface area contributed by atoms with Gasteiger partial charge in [0, 0.05) is 18.9 Å². The maximum atomic E-state index is 5.65. The van der Waals surface area contributed by atoms with E-state index < -0.39 is 0 Å². The van der Waals surface area contributed by atoms with Crippen LogP contribution in [-0.4, -0.2) is 37.6 Å². The van der Waals surface area contributed by atoms with Crippen LogP contribution in [0.1, 0.15) is 28.7 Å². The first-order chi connectivity index (χ1) is 15.7. The number of ether oxygens (including phenoxy) is 2. The Bertz CT molecular complexity index is 1100. The van der Waals surface area contributed by atoms with Gasteiger partial charge in [-0.1, -0.05) is 66.7 Å². The van der Waals surface area contributed by atoms with Crippen molar-refractivity contribution in [2.24, 2.45) is 0 Å². The highest BCUT2D eigenvalue weighted by molar-refractivity contribution is 6.12. The molecule has 1 aliphatic rings. The van der Waals surface area contributed by atoms with Crippen LogP contribution in [-0.2, 0) is 6.42 Å². The lowest BCUT2D eigenvalue weighted by molar-refractivity contribution is -0.526. The zero-order valence-electron chi connectivity index (χ0n) is 18.9. The predicted molar refractivity (Wildman–Crippen MR) is 132 cm³/mol. The molecule has 0 N–H and O–H groups in total. The Kier molecular flexibility index (Phi) is 6.86. The van der Waals surface area contributed by atoms with Crippen molar-refractivity contribution < 1.29 is 14.0 Å². The molecule has 0 spiro atoms. The molecule has 3 aromatic carbocycles. The molecule has 0 fully saturated rings. The lowest BCUT2D eigenvalue weighted by Gasteiger charge is -2.20. The zero-order valence-corrected chi connectivity index (χ0v) is 18.9. The normalized spacial score (nSPS) is 12.7. The first kappa shape index (κ1) is 21.6. The lowest BCUT2D eigenvalue weighted by Crippen LogP contribution is -2.30. The van der Waals surface area contributed by atoms with E-state index in [1.165, 1.54) is 33.5 Å². The van der Waals surface area contributed by atoms with Gasteiger partial charge in [0.2, 0.25) is 5.71 Å². The maximum absolute atomic E-state index is 5.65. The van der Waals surface area contributed by atoms with E-state index in [4.69, 9.17) is 9.47 Å². The van der Waals surface area contributed by atoms with Crippen molar-refractivity contribution in [3.63, 3.8) is 0 Å². The fourth-order valence-electron chi connectivity index (χ4n) is 4.27. The van der Waals surface area contributed by atoms with Gasteiger partial charge in [-0.25, -0.2) is 4.58 Å². The Morgan fingerprint density at radius 2 is 1.50 bits per heavy atom. The molecule has 3 heteroatoms. The molecule has 0 bridgehead atoms. The highest BCUT2D eigenvalue weighted by atomic mass is 16.5. The Hall–Kier alpha value is -3.59. The van der Waals surface area contributed by atoms with Crippen LogP contribution in [0.4, 0.5) is 0 Å². The molecule has 32 heavy (non-hydrogen) atoms. The van der Waals surface area contributed by atoms with Gasteiger partial charge in [-0.3, -0.25) is 0 Å². The van der Waals surface area contributed by atoms with Crippen LogP contribution in [0.2, 0.25) is 0 Å². The molecule has 0 unspecified atom stereocenters. The number of rotatable bonds is 8. The Labute approximate surface area is 191 Å². The van der Waals surface area contributed by atoms with Gasteiger partial charge in [0.25, 0.3) is 0 Å². The van der Waals surface area contributed by atoms with E-state index in [0.29, 0.717) is 0 Å². The summed E-state index contributed by atoms with van der Waals surface area (Å²) in [6.07, 6.45) is 6.22. The van der Waals surface area contributed by atoms with E-state index in [1.807, 2.05) is 6.08 Å². The van der Waals surface area contributed by atoms with Gasteiger partial charge in [0.1, 0.15) is 13.1 Å². The third-order valence-corrected chi connectivity index (χ3v) is 5.93. The van der Waals surface area contributed by atoms with Crippen molar-refractivity contribution in [3.8, 4) is 11.5 Å². The number of nitrogens with zero attached hydrogens (tertiary/aromatic N) is 1. The number of fused-ring (bicyclic) bond motifs is 1. The lowest BCUT2D eigenvalue weighted by atomic mass is 9.91. The molecule has 0 saturated heterocycles. The van der Waals surface area contributed by atoms with Crippen molar-refractivity contribution in [1.82, 2.24) is 0 Å². The molecular weight excluding hydrogens is 394 g/mol. The smallest absolute Gasteiger partial charge is 0.208 e. The van der Waals surface area contributed by atoms with Crippen molar-refractivity contribution in [1.29, 1.82) is 0 Å². The molecule has 0 aliphatic carbocycles. The topological polar surface area (TPSA) is 21.5 Å². The second-order valence-corrected chi connectivity index (χ2v) is 7.85. The fraction of sp³-hybridized carbons (Fsp3) is 0.207. The average molecular weight is 425 g/mol. The molecule has 0 atom stereocenters. The first-order valence-corrected chi connectivity index (χ1v) is 11.1. The van der Waals surface area contributed by atoms with Gasteiger partial charge >= 0.3 is 0 Å². The average Bonchev–Trinajstić information content (AvgIpc) is 2.86. The molecular formula is C29H30NO2+. The second kappa shape index (κ2) is 10.1. The number of hydrogen-bond acceptors (Lipinski definition) is 2. The Morgan fingerprint density at radius 1 is 0.906 bits per heavy atom. The molecule has 0 saturated carbocycles. The summed E-state index contributed by atoms with van der Waals surface area (Å²) in [6.45, 7) is 5.82. The third-order valence-electron chi connectivity index (χ3n) is 5.93. The summed E-state index contributed by atoms with van der Waals surface area (Å²) in [6, 6.07) is 25.4. The van der Waals surface area contributed by atoms with Crippen molar-refractivity contribution in [2.45, 2.75) is 12.8 Å². The van der Waals surface area contributed by atoms with Gasteiger partial charge in [0.05, 0.1) is 19.8 Å². The highest BCUT2D eigenvalue weighted by Gasteiger charge is 2.27. The van der Waals surface area contributed by atoms with Crippen LogP contribution >= 0.6 is 0 Å². The molecule has 0 radical (unpaired) electrons.